The Labute approximate surface area is 121 Å². The van der Waals surface area contributed by atoms with Gasteiger partial charge in [0.05, 0.1) is 17.4 Å². The second-order valence-corrected chi connectivity index (χ2v) is 4.39. The van der Waals surface area contributed by atoms with E-state index in [2.05, 4.69) is 15.4 Å². The number of amides is 1. The monoisotopic (exact) mass is 279 g/mol. The molecule has 2 heterocycles. The number of nitrogens with zero attached hydrogens (tertiary/aromatic N) is 3. The topological polar surface area (TPSA) is 85.8 Å². The Morgan fingerprint density at radius 1 is 1.14 bits per heavy atom. The first-order valence-corrected chi connectivity index (χ1v) is 6.35. The van der Waals surface area contributed by atoms with E-state index in [4.69, 9.17) is 5.73 Å². The summed E-state index contributed by atoms with van der Waals surface area (Å²) in [5.74, 6) is -0.546. The number of para-hydroxylation sites is 1. The van der Waals surface area contributed by atoms with Gasteiger partial charge in [0, 0.05) is 24.3 Å². The van der Waals surface area contributed by atoms with Crippen LogP contribution in [0.3, 0.4) is 0 Å². The standard InChI is InChI=1S/C15H13N5O/c16-15(21)12-9-17-10-13(20-8-4-7-18-20)14(12)19-11-5-2-1-3-6-11/h1-10H,(H2,16,21)(H,17,19). The molecule has 6 heteroatoms. The van der Waals surface area contributed by atoms with Crippen LogP contribution in [0.1, 0.15) is 10.4 Å². The Kier molecular flexibility index (Phi) is 3.34. The molecule has 0 saturated heterocycles. The molecule has 21 heavy (non-hydrogen) atoms. The van der Waals surface area contributed by atoms with Crippen LogP contribution in [0.4, 0.5) is 11.4 Å². The minimum absolute atomic E-state index is 0.312. The van der Waals surface area contributed by atoms with Crippen molar-refractivity contribution in [3.8, 4) is 5.69 Å². The summed E-state index contributed by atoms with van der Waals surface area (Å²) in [4.78, 5) is 15.7. The van der Waals surface area contributed by atoms with E-state index in [-0.39, 0.29) is 0 Å². The largest absolute Gasteiger partial charge is 0.365 e. The van der Waals surface area contributed by atoms with E-state index in [1.54, 1.807) is 29.3 Å². The van der Waals surface area contributed by atoms with E-state index in [9.17, 15) is 4.79 Å². The fourth-order valence-corrected chi connectivity index (χ4v) is 2.02. The van der Waals surface area contributed by atoms with E-state index < -0.39 is 5.91 Å². The van der Waals surface area contributed by atoms with Crippen LogP contribution in [-0.2, 0) is 0 Å². The van der Waals surface area contributed by atoms with Crippen molar-refractivity contribution in [3.05, 3.63) is 66.7 Å². The van der Waals surface area contributed by atoms with Crippen molar-refractivity contribution in [1.82, 2.24) is 14.8 Å². The number of carbonyl (C=O) groups excluding carboxylic acids is 1. The highest BCUT2D eigenvalue weighted by Gasteiger charge is 2.15. The molecule has 0 saturated carbocycles. The highest BCUT2D eigenvalue weighted by Crippen LogP contribution is 2.26. The van der Waals surface area contributed by atoms with Gasteiger partial charge in [-0.2, -0.15) is 5.10 Å². The smallest absolute Gasteiger partial charge is 0.252 e. The van der Waals surface area contributed by atoms with Gasteiger partial charge in [-0.1, -0.05) is 18.2 Å². The Morgan fingerprint density at radius 3 is 2.62 bits per heavy atom. The molecule has 3 N–H and O–H groups in total. The summed E-state index contributed by atoms with van der Waals surface area (Å²) in [6.07, 6.45) is 6.51. The first-order valence-electron chi connectivity index (χ1n) is 6.35. The predicted molar refractivity (Wildman–Crippen MR) is 79.6 cm³/mol. The van der Waals surface area contributed by atoms with Crippen LogP contribution in [0.25, 0.3) is 5.69 Å². The average Bonchev–Trinajstić information content (AvgIpc) is 3.02. The lowest BCUT2D eigenvalue weighted by Gasteiger charge is -2.14. The van der Waals surface area contributed by atoms with E-state index in [1.807, 2.05) is 30.3 Å². The maximum absolute atomic E-state index is 11.6. The number of nitrogens with one attached hydrogen (secondary N) is 1. The molecule has 0 spiro atoms. The molecule has 3 rings (SSSR count). The van der Waals surface area contributed by atoms with E-state index in [0.29, 0.717) is 16.9 Å². The van der Waals surface area contributed by atoms with Gasteiger partial charge in [-0.15, -0.1) is 0 Å². The molecule has 0 atom stereocenters. The first-order chi connectivity index (χ1) is 10.3. The Hall–Kier alpha value is -3.15. The van der Waals surface area contributed by atoms with Gasteiger partial charge in [0.15, 0.2) is 0 Å². The molecule has 3 aromatic rings. The molecule has 6 nitrogen and oxygen atoms in total. The molecule has 0 bridgehead atoms. The van der Waals surface area contributed by atoms with Crippen LogP contribution in [0.5, 0.6) is 0 Å². The molecular weight excluding hydrogens is 266 g/mol. The number of pyridine rings is 1. The molecule has 0 unspecified atom stereocenters. The van der Waals surface area contributed by atoms with Crippen molar-refractivity contribution in [2.75, 3.05) is 5.32 Å². The summed E-state index contributed by atoms with van der Waals surface area (Å²) < 4.78 is 1.63. The lowest BCUT2D eigenvalue weighted by Crippen LogP contribution is -2.15. The van der Waals surface area contributed by atoms with Crippen LogP contribution in [-0.4, -0.2) is 20.7 Å². The van der Waals surface area contributed by atoms with Crippen molar-refractivity contribution in [2.24, 2.45) is 5.73 Å². The number of aromatic nitrogens is 3. The van der Waals surface area contributed by atoms with Gasteiger partial charge in [-0.3, -0.25) is 9.78 Å². The van der Waals surface area contributed by atoms with Crippen molar-refractivity contribution >= 4 is 17.3 Å². The number of hydrogen-bond donors (Lipinski definition) is 2. The number of anilines is 2. The SMILES string of the molecule is NC(=O)c1cncc(-n2cccn2)c1Nc1ccccc1. The van der Waals surface area contributed by atoms with Crippen LogP contribution < -0.4 is 11.1 Å². The average molecular weight is 279 g/mol. The maximum atomic E-state index is 11.6. The van der Waals surface area contributed by atoms with Crippen molar-refractivity contribution in [2.45, 2.75) is 0 Å². The Balaban J connectivity index is 2.13. The quantitative estimate of drug-likeness (QED) is 0.766. The maximum Gasteiger partial charge on any atom is 0.252 e. The number of rotatable bonds is 4. The molecular formula is C15H13N5O. The zero-order valence-corrected chi connectivity index (χ0v) is 11.1. The zero-order valence-electron chi connectivity index (χ0n) is 11.1. The van der Waals surface area contributed by atoms with Crippen molar-refractivity contribution in [3.63, 3.8) is 0 Å². The Bertz CT molecular complexity index is 753. The summed E-state index contributed by atoms with van der Waals surface area (Å²) in [5, 5.41) is 7.38. The molecule has 0 fully saturated rings. The molecule has 0 aliphatic heterocycles. The van der Waals surface area contributed by atoms with E-state index >= 15 is 0 Å². The summed E-state index contributed by atoms with van der Waals surface area (Å²) in [7, 11) is 0. The summed E-state index contributed by atoms with van der Waals surface area (Å²) in [5.41, 5.74) is 7.83. The molecule has 0 radical (unpaired) electrons. The van der Waals surface area contributed by atoms with E-state index in [1.165, 1.54) is 6.20 Å². The Morgan fingerprint density at radius 2 is 1.95 bits per heavy atom. The molecule has 104 valence electrons. The number of benzene rings is 1. The van der Waals surface area contributed by atoms with E-state index in [0.717, 1.165) is 5.69 Å². The number of nitrogens with two attached hydrogens (primary N) is 1. The van der Waals surface area contributed by atoms with Gasteiger partial charge in [-0.25, -0.2) is 4.68 Å². The van der Waals surface area contributed by atoms with Crippen molar-refractivity contribution < 1.29 is 4.79 Å². The van der Waals surface area contributed by atoms with Gasteiger partial charge in [0.2, 0.25) is 0 Å². The molecule has 0 aliphatic carbocycles. The summed E-state index contributed by atoms with van der Waals surface area (Å²) in [6.45, 7) is 0. The normalized spacial score (nSPS) is 10.3. The second kappa shape index (κ2) is 5.46. The minimum atomic E-state index is -0.546. The van der Waals surface area contributed by atoms with Crippen LogP contribution in [0, 0.1) is 0 Å². The molecule has 1 aromatic carbocycles. The van der Waals surface area contributed by atoms with Crippen LogP contribution in [0.15, 0.2) is 61.2 Å². The summed E-state index contributed by atoms with van der Waals surface area (Å²) in [6, 6.07) is 11.3. The van der Waals surface area contributed by atoms with Crippen LogP contribution in [0.2, 0.25) is 0 Å². The molecule has 1 amide bonds. The summed E-state index contributed by atoms with van der Waals surface area (Å²) >= 11 is 0. The fourth-order valence-electron chi connectivity index (χ4n) is 2.02. The van der Waals surface area contributed by atoms with Gasteiger partial charge in [0.1, 0.15) is 5.69 Å². The lowest BCUT2D eigenvalue weighted by molar-refractivity contribution is 0.100. The highest BCUT2D eigenvalue weighted by molar-refractivity contribution is 6.00. The highest BCUT2D eigenvalue weighted by atomic mass is 16.1. The van der Waals surface area contributed by atoms with Gasteiger partial charge in [-0.05, 0) is 18.2 Å². The third kappa shape index (κ3) is 2.59. The lowest BCUT2D eigenvalue weighted by atomic mass is 10.2. The van der Waals surface area contributed by atoms with Gasteiger partial charge < -0.3 is 11.1 Å². The van der Waals surface area contributed by atoms with Gasteiger partial charge in [0.25, 0.3) is 5.91 Å². The fraction of sp³-hybridized carbons (Fsp3) is 0. The number of carbonyl (C=O) groups is 1. The third-order valence-electron chi connectivity index (χ3n) is 2.99. The third-order valence-corrected chi connectivity index (χ3v) is 2.99. The van der Waals surface area contributed by atoms with Crippen molar-refractivity contribution in [1.29, 1.82) is 0 Å². The second-order valence-electron chi connectivity index (χ2n) is 4.39. The number of primary amides is 1. The zero-order chi connectivity index (χ0) is 14.7. The number of hydrogen-bond acceptors (Lipinski definition) is 4. The van der Waals surface area contributed by atoms with Gasteiger partial charge >= 0.3 is 0 Å². The first kappa shape index (κ1) is 12.9. The predicted octanol–water partition coefficient (Wildman–Crippen LogP) is 2.11. The molecule has 2 aromatic heterocycles. The minimum Gasteiger partial charge on any atom is -0.365 e. The molecule has 0 aliphatic rings. The van der Waals surface area contributed by atoms with Crippen LogP contribution >= 0.6 is 0 Å².